The molecule has 0 bridgehead atoms. The van der Waals surface area contributed by atoms with E-state index >= 15 is 0 Å². The Hall–Kier alpha value is -2.51. The molecule has 1 N–H and O–H groups in total. The summed E-state index contributed by atoms with van der Waals surface area (Å²) in [5.74, 6) is 1.30. The lowest BCUT2D eigenvalue weighted by molar-refractivity contribution is 0.483. The van der Waals surface area contributed by atoms with E-state index in [-0.39, 0.29) is 10.2 Å². The van der Waals surface area contributed by atoms with Gasteiger partial charge < -0.3 is 9.30 Å². The van der Waals surface area contributed by atoms with Gasteiger partial charge in [0.15, 0.2) is 0 Å². The van der Waals surface area contributed by atoms with E-state index in [1.54, 1.807) is 31.3 Å². The Morgan fingerprint density at radius 3 is 2.25 bits per heavy atom. The van der Waals surface area contributed by atoms with Crippen molar-refractivity contribution in [3.05, 3.63) is 66.1 Å². The highest BCUT2D eigenvalue weighted by atomic mass is 35.5. The van der Waals surface area contributed by atoms with E-state index in [1.165, 1.54) is 10.9 Å². The van der Waals surface area contributed by atoms with Gasteiger partial charge in [0.1, 0.15) is 16.7 Å². The Bertz CT molecular complexity index is 938. The highest BCUT2D eigenvalue weighted by Gasteiger charge is 2.22. The highest BCUT2D eigenvalue weighted by Crippen LogP contribution is 2.25. The molecule has 1 aromatic heterocycles. The van der Waals surface area contributed by atoms with Gasteiger partial charge in [-0.2, -0.15) is 8.42 Å². The van der Waals surface area contributed by atoms with Gasteiger partial charge in [0.25, 0.3) is 10.0 Å². The summed E-state index contributed by atoms with van der Waals surface area (Å²) in [7, 11) is -2.23. The summed E-state index contributed by atoms with van der Waals surface area (Å²) in [6, 6.07) is 15.9. The van der Waals surface area contributed by atoms with Crippen LogP contribution in [0, 0.1) is 0 Å². The predicted molar refractivity (Wildman–Crippen MR) is 92.0 cm³/mol. The lowest BCUT2D eigenvalue weighted by atomic mass is 10.3. The van der Waals surface area contributed by atoms with E-state index in [9.17, 15) is 8.42 Å². The van der Waals surface area contributed by atoms with E-state index < -0.39 is 10.0 Å². The molecule has 0 saturated heterocycles. The Morgan fingerprint density at radius 1 is 1.04 bits per heavy atom. The number of imidazole rings is 1. The number of nitrogens with zero attached hydrogens (tertiary/aromatic N) is 2. The van der Waals surface area contributed by atoms with Crippen molar-refractivity contribution in [2.75, 3.05) is 4.72 Å². The molecule has 124 valence electrons. The van der Waals surface area contributed by atoms with E-state index in [0.29, 0.717) is 17.2 Å². The van der Waals surface area contributed by atoms with Crippen LogP contribution in [0.3, 0.4) is 0 Å². The molecule has 0 aliphatic rings. The summed E-state index contributed by atoms with van der Waals surface area (Å²) in [6.07, 6.45) is 1.34. The first-order valence-electron chi connectivity index (χ1n) is 6.98. The van der Waals surface area contributed by atoms with Gasteiger partial charge in [-0.25, -0.2) is 4.98 Å². The average molecular weight is 364 g/mol. The summed E-state index contributed by atoms with van der Waals surface area (Å²) < 4.78 is 34.1. The number of anilines is 1. The summed E-state index contributed by atoms with van der Waals surface area (Å²) in [6.45, 7) is 0. The normalized spacial score (nSPS) is 11.2. The van der Waals surface area contributed by atoms with Crippen LogP contribution in [0.5, 0.6) is 11.5 Å². The Kier molecular flexibility index (Phi) is 4.46. The van der Waals surface area contributed by atoms with Gasteiger partial charge in [-0.3, -0.25) is 4.72 Å². The lowest BCUT2D eigenvalue weighted by Crippen LogP contribution is -2.14. The number of ether oxygens (including phenoxy) is 1. The maximum absolute atomic E-state index is 12.3. The van der Waals surface area contributed by atoms with Gasteiger partial charge in [0, 0.05) is 12.7 Å². The maximum Gasteiger partial charge on any atom is 0.282 e. The number of aryl methyl sites for hydroxylation is 1. The molecule has 0 radical (unpaired) electrons. The van der Waals surface area contributed by atoms with E-state index in [0.717, 1.165) is 0 Å². The number of sulfonamides is 1. The zero-order chi connectivity index (χ0) is 17.2. The molecule has 0 spiro atoms. The minimum atomic E-state index is -3.85. The van der Waals surface area contributed by atoms with E-state index in [1.807, 2.05) is 30.3 Å². The molecule has 0 saturated carbocycles. The van der Waals surface area contributed by atoms with E-state index in [2.05, 4.69) is 9.71 Å². The first-order valence-corrected chi connectivity index (χ1v) is 8.84. The highest BCUT2D eigenvalue weighted by molar-refractivity contribution is 7.92. The maximum atomic E-state index is 12.3. The fraction of sp³-hybridized carbons (Fsp3) is 0.0625. The van der Waals surface area contributed by atoms with Crippen LogP contribution in [0.15, 0.2) is 66.0 Å². The molecule has 0 aliphatic heterocycles. The third-order valence-electron chi connectivity index (χ3n) is 3.17. The van der Waals surface area contributed by atoms with Crippen LogP contribution >= 0.6 is 11.6 Å². The Morgan fingerprint density at radius 2 is 1.67 bits per heavy atom. The standard InChI is InChI=1S/C16H14ClN3O3S/c1-20-11-18-16(15(20)17)24(21,22)19-12-7-9-14(10-8-12)23-13-5-3-2-4-6-13/h2-11,19H,1H3. The SMILES string of the molecule is Cn1cnc(S(=O)(=O)Nc2ccc(Oc3ccccc3)cc2)c1Cl. The summed E-state index contributed by atoms with van der Waals surface area (Å²) in [5.41, 5.74) is 0.386. The number of aromatic nitrogens is 2. The first kappa shape index (κ1) is 16.4. The van der Waals surface area contributed by atoms with Gasteiger partial charge in [0.2, 0.25) is 5.03 Å². The van der Waals surface area contributed by atoms with Crippen molar-refractivity contribution in [3.8, 4) is 11.5 Å². The summed E-state index contributed by atoms with van der Waals surface area (Å²) >= 11 is 5.94. The van der Waals surface area contributed by atoms with Crippen molar-refractivity contribution in [1.29, 1.82) is 0 Å². The van der Waals surface area contributed by atoms with Crippen LogP contribution < -0.4 is 9.46 Å². The molecule has 0 amide bonds. The number of benzene rings is 2. The molecule has 2 aromatic carbocycles. The molecule has 24 heavy (non-hydrogen) atoms. The molecule has 8 heteroatoms. The van der Waals surface area contributed by atoms with Crippen molar-refractivity contribution in [3.63, 3.8) is 0 Å². The number of para-hydroxylation sites is 1. The number of nitrogens with one attached hydrogen (secondary N) is 1. The molecular weight excluding hydrogens is 350 g/mol. The zero-order valence-electron chi connectivity index (χ0n) is 12.7. The van der Waals surface area contributed by atoms with Gasteiger partial charge in [-0.05, 0) is 36.4 Å². The average Bonchev–Trinajstić information content (AvgIpc) is 2.90. The number of hydrogen-bond acceptors (Lipinski definition) is 4. The smallest absolute Gasteiger partial charge is 0.282 e. The summed E-state index contributed by atoms with van der Waals surface area (Å²) in [4.78, 5) is 3.81. The van der Waals surface area contributed by atoms with E-state index in [4.69, 9.17) is 16.3 Å². The van der Waals surface area contributed by atoms with Crippen LogP contribution in [-0.2, 0) is 17.1 Å². The fourth-order valence-corrected chi connectivity index (χ4v) is 3.49. The van der Waals surface area contributed by atoms with Crippen molar-refractivity contribution < 1.29 is 13.2 Å². The van der Waals surface area contributed by atoms with Crippen LogP contribution in [0.4, 0.5) is 5.69 Å². The lowest BCUT2D eigenvalue weighted by Gasteiger charge is -2.09. The van der Waals surface area contributed by atoms with Crippen LogP contribution in [-0.4, -0.2) is 18.0 Å². The number of hydrogen-bond donors (Lipinski definition) is 1. The second-order valence-corrected chi connectivity index (χ2v) is 6.95. The minimum absolute atomic E-state index is 0.0477. The molecule has 0 unspecified atom stereocenters. The van der Waals surface area contributed by atoms with Crippen molar-refractivity contribution in [2.24, 2.45) is 7.05 Å². The van der Waals surface area contributed by atoms with Crippen molar-refractivity contribution in [1.82, 2.24) is 9.55 Å². The van der Waals surface area contributed by atoms with Crippen LogP contribution in [0.1, 0.15) is 0 Å². The van der Waals surface area contributed by atoms with Crippen molar-refractivity contribution in [2.45, 2.75) is 5.03 Å². The van der Waals surface area contributed by atoms with Crippen molar-refractivity contribution >= 4 is 27.3 Å². The Labute approximate surface area is 144 Å². The summed E-state index contributed by atoms with van der Waals surface area (Å²) in [5, 5.41) is -0.164. The zero-order valence-corrected chi connectivity index (χ0v) is 14.3. The predicted octanol–water partition coefficient (Wildman–Crippen LogP) is 3.67. The number of halogens is 1. The molecule has 3 rings (SSSR count). The third-order valence-corrected chi connectivity index (χ3v) is 5.04. The molecule has 0 atom stereocenters. The quantitative estimate of drug-likeness (QED) is 0.750. The van der Waals surface area contributed by atoms with Crippen LogP contribution in [0.2, 0.25) is 5.15 Å². The molecule has 1 heterocycles. The third kappa shape index (κ3) is 3.52. The molecular formula is C16H14ClN3O3S. The minimum Gasteiger partial charge on any atom is -0.457 e. The molecule has 3 aromatic rings. The molecule has 6 nitrogen and oxygen atoms in total. The molecule has 0 aliphatic carbocycles. The van der Waals surface area contributed by atoms with Gasteiger partial charge in [0.05, 0.1) is 6.33 Å². The molecule has 0 fully saturated rings. The fourth-order valence-electron chi connectivity index (χ4n) is 1.99. The van der Waals surface area contributed by atoms with Gasteiger partial charge in [-0.15, -0.1) is 0 Å². The van der Waals surface area contributed by atoms with Crippen LogP contribution in [0.25, 0.3) is 0 Å². The Balaban J connectivity index is 1.75. The van der Waals surface area contributed by atoms with Gasteiger partial charge >= 0.3 is 0 Å². The van der Waals surface area contributed by atoms with Gasteiger partial charge in [-0.1, -0.05) is 29.8 Å². The monoisotopic (exact) mass is 363 g/mol. The largest absolute Gasteiger partial charge is 0.457 e. The first-order chi connectivity index (χ1) is 11.5. The second kappa shape index (κ2) is 6.54. The number of rotatable bonds is 5. The topological polar surface area (TPSA) is 73.2 Å². The second-order valence-electron chi connectivity index (χ2n) is 5.00.